The van der Waals surface area contributed by atoms with E-state index in [2.05, 4.69) is 5.32 Å². The van der Waals surface area contributed by atoms with Crippen molar-refractivity contribution in [3.05, 3.63) is 65.5 Å². The Bertz CT molecular complexity index is 851. The Morgan fingerprint density at radius 1 is 0.966 bits per heavy atom. The third-order valence-corrected chi connectivity index (χ3v) is 4.15. The highest BCUT2D eigenvalue weighted by molar-refractivity contribution is 5.96. The Morgan fingerprint density at radius 3 is 2.17 bits per heavy atom. The van der Waals surface area contributed by atoms with Crippen molar-refractivity contribution in [2.24, 2.45) is 0 Å². The number of halogens is 1. The number of carbonyl (C=O) groups excluding carboxylic acids is 3. The first-order chi connectivity index (χ1) is 13.8. The molecule has 0 radical (unpaired) electrons. The van der Waals surface area contributed by atoms with Gasteiger partial charge in [0, 0.05) is 38.9 Å². The fourth-order valence-electron chi connectivity index (χ4n) is 2.42. The maximum atomic E-state index is 12.8. The molecule has 0 fully saturated rings. The number of nitrogens with one attached hydrogen (secondary N) is 1. The summed E-state index contributed by atoms with van der Waals surface area (Å²) in [5, 5.41) is 2.36. The molecule has 29 heavy (non-hydrogen) atoms. The Labute approximate surface area is 169 Å². The molecule has 0 aromatic heterocycles. The van der Waals surface area contributed by atoms with Crippen LogP contribution >= 0.6 is 0 Å². The quantitative estimate of drug-likeness (QED) is 0.683. The average Bonchev–Trinajstić information content (AvgIpc) is 2.71. The fourth-order valence-corrected chi connectivity index (χ4v) is 2.42. The minimum atomic E-state index is -0.738. The summed E-state index contributed by atoms with van der Waals surface area (Å²) in [6.07, 6.45) is 0. The molecule has 0 aliphatic carbocycles. The maximum Gasteiger partial charge on any atom is 0.325 e. The van der Waals surface area contributed by atoms with Crippen LogP contribution in [0.3, 0.4) is 0 Å². The van der Waals surface area contributed by atoms with Gasteiger partial charge in [-0.15, -0.1) is 0 Å². The number of nitrogens with zero attached hydrogens (tertiary/aromatic N) is 2. The maximum absolute atomic E-state index is 12.8. The lowest BCUT2D eigenvalue weighted by Gasteiger charge is -2.18. The fraction of sp³-hybridized carbons (Fsp3) is 0.286. The zero-order valence-electron chi connectivity index (χ0n) is 16.6. The van der Waals surface area contributed by atoms with Gasteiger partial charge >= 0.3 is 5.97 Å². The molecule has 0 heterocycles. The van der Waals surface area contributed by atoms with Crippen LogP contribution in [0.5, 0.6) is 0 Å². The van der Waals surface area contributed by atoms with E-state index in [4.69, 9.17) is 4.74 Å². The average molecular weight is 401 g/mol. The van der Waals surface area contributed by atoms with Crippen LogP contribution in [0.1, 0.15) is 15.9 Å². The van der Waals surface area contributed by atoms with Crippen LogP contribution < -0.4 is 10.2 Å². The van der Waals surface area contributed by atoms with Crippen molar-refractivity contribution in [3.63, 3.8) is 0 Å². The third kappa shape index (κ3) is 6.91. The standard InChI is InChI=1S/C21H24FN3O4/c1-24(2)18-10-4-15(5-11-18)13-25(3)19(26)14-29-20(27)12-23-21(28)16-6-8-17(22)9-7-16/h4-11H,12-14H2,1-3H3,(H,23,28). The van der Waals surface area contributed by atoms with Crippen molar-refractivity contribution < 1.29 is 23.5 Å². The lowest BCUT2D eigenvalue weighted by Crippen LogP contribution is -2.34. The van der Waals surface area contributed by atoms with Crippen LogP contribution in [0.15, 0.2) is 48.5 Å². The second-order valence-electron chi connectivity index (χ2n) is 6.66. The number of benzene rings is 2. The molecule has 2 rings (SSSR count). The summed E-state index contributed by atoms with van der Waals surface area (Å²) in [4.78, 5) is 39.2. The van der Waals surface area contributed by atoms with Gasteiger partial charge in [0.25, 0.3) is 11.8 Å². The van der Waals surface area contributed by atoms with Gasteiger partial charge in [-0.1, -0.05) is 12.1 Å². The molecule has 0 aliphatic heterocycles. The summed E-state index contributed by atoms with van der Waals surface area (Å²) < 4.78 is 17.8. The SMILES string of the molecule is CN(Cc1ccc(N(C)C)cc1)C(=O)COC(=O)CNC(=O)c1ccc(F)cc1. The molecule has 0 spiro atoms. The second-order valence-corrected chi connectivity index (χ2v) is 6.66. The van der Waals surface area contributed by atoms with Crippen molar-refractivity contribution >= 4 is 23.5 Å². The molecule has 2 aromatic carbocycles. The highest BCUT2D eigenvalue weighted by Gasteiger charge is 2.14. The van der Waals surface area contributed by atoms with Gasteiger partial charge in [-0.25, -0.2) is 4.39 Å². The van der Waals surface area contributed by atoms with Crippen LogP contribution in [0.2, 0.25) is 0 Å². The van der Waals surface area contributed by atoms with Gasteiger partial charge in [0.05, 0.1) is 0 Å². The molecule has 1 N–H and O–H groups in total. The van der Waals surface area contributed by atoms with Crippen LogP contribution in [-0.4, -0.2) is 57.0 Å². The van der Waals surface area contributed by atoms with Crippen LogP contribution in [-0.2, 0) is 20.9 Å². The number of hydrogen-bond donors (Lipinski definition) is 1. The summed E-state index contributed by atoms with van der Waals surface area (Å²) in [6.45, 7) is -0.428. The number of likely N-dealkylation sites (N-methyl/N-ethyl adjacent to an activating group) is 1. The number of rotatable bonds is 8. The Balaban J connectivity index is 1.73. The van der Waals surface area contributed by atoms with Crippen molar-refractivity contribution in [1.82, 2.24) is 10.2 Å². The van der Waals surface area contributed by atoms with Gasteiger partial charge in [0.1, 0.15) is 12.4 Å². The molecule has 0 atom stereocenters. The Hall–Kier alpha value is -3.42. The zero-order valence-corrected chi connectivity index (χ0v) is 16.6. The van der Waals surface area contributed by atoms with E-state index in [1.807, 2.05) is 43.3 Å². The summed E-state index contributed by atoms with van der Waals surface area (Å²) in [5.74, 6) is -2.10. The van der Waals surface area contributed by atoms with E-state index < -0.39 is 24.3 Å². The van der Waals surface area contributed by atoms with Gasteiger partial charge in [0.2, 0.25) is 0 Å². The molecule has 0 aliphatic rings. The van der Waals surface area contributed by atoms with Gasteiger partial charge < -0.3 is 19.9 Å². The number of anilines is 1. The molecular weight excluding hydrogens is 377 g/mol. The molecule has 0 bridgehead atoms. The van der Waals surface area contributed by atoms with Crippen molar-refractivity contribution in [3.8, 4) is 0 Å². The number of esters is 1. The lowest BCUT2D eigenvalue weighted by atomic mass is 10.2. The monoisotopic (exact) mass is 401 g/mol. The van der Waals surface area contributed by atoms with E-state index >= 15 is 0 Å². The second kappa shape index (κ2) is 10.2. The number of carbonyl (C=O) groups is 3. The van der Waals surface area contributed by atoms with Gasteiger partial charge in [-0.05, 0) is 42.0 Å². The Kier molecular flexibility index (Phi) is 7.70. The summed E-state index contributed by atoms with van der Waals surface area (Å²) in [6, 6.07) is 12.7. The summed E-state index contributed by atoms with van der Waals surface area (Å²) in [7, 11) is 5.51. The molecule has 0 unspecified atom stereocenters. The predicted molar refractivity (Wildman–Crippen MR) is 107 cm³/mol. The molecule has 2 aromatic rings. The van der Waals surface area contributed by atoms with Gasteiger partial charge in [-0.3, -0.25) is 14.4 Å². The van der Waals surface area contributed by atoms with Gasteiger partial charge in [-0.2, -0.15) is 0 Å². The summed E-state index contributed by atoms with van der Waals surface area (Å²) >= 11 is 0. The molecule has 0 saturated carbocycles. The molecule has 2 amide bonds. The number of amides is 2. The van der Waals surface area contributed by atoms with Crippen LogP contribution in [0.4, 0.5) is 10.1 Å². The molecule has 7 nitrogen and oxygen atoms in total. The van der Waals surface area contributed by atoms with E-state index in [0.717, 1.165) is 23.4 Å². The van der Waals surface area contributed by atoms with Crippen LogP contribution in [0.25, 0.3) is 0 Å². The lowest BCUT2D eigenvalue weighted by molar-refractivity contribution is -0.150. The first kappa shape index (κ1) is 21.9. The number of hydrogen-bond acceptors (Lipinski definition) is 5. The predicted octanol–water partition coefficient (Wildman–Crippen LogP) is 1.82. The van der Waals surface area contributed by atoms with Crippen LogP contribution in [0, 0.1) is 5.82 Å². The minimum absolute atomic E-state index is 0.218. The highest BCUT2D eigenvalue weighted by atomic mass is 19.1. The zero-order chi connectivity index (χ0) is 21.4. The first-order valence-electron chi connectivity index (χ1n) is 8.96. The van der Waals surface area contributed by atoms with E-state index in [1.54, 1.807) is 7.05 Å². The van der Waals surface area contributed by atoms with E-state index in [0.29, 0.717) is 6.54 Å². The minimum Gasteiger partial charge on any atom is -0.454 e. The number of ether oxygens (including phenoxy) is 1. The topological polar surface area (TPSA) is 79.0 Å². The highest BCUT2D eigenvalue weighted by Crippen LogP contribution is 2.13. The summed E-state index contributed by atoms with van der Waals surface area (Å²) in [5.41, 5.74) is 2.22. The normalized spacial score (nSPS) is 10.2. The Morgan fingerprint density at radius 2 is 1.59 bits per heavy atom. The van der Waals surface area contributed by atoms with E-state index in [1.165, 1.54) is 17.0 Å². The van der Waals surface area contributed by atoms with E-state index in [-0.39, 0.29) is 18.0 Å². The van der Waals surface area contributed by atoms with Gasteiger partial charge in [0.15, 0.2) is 6.61 Å². The molecule has 8 heteroatoms. The van der Waals surface area contributed by atoms with Crippen molar-refractivity contribution in [2.75, 3.05) is 39.2 Å². The first-order valence-corrected chi connectivity index (χ1v) is 8.96. The third-order valence-electron chi connectivity index (χ3n) is 4.15. The molecular formula is C21H24FN3O4. The molecule has 154 valence electrons. The van der Waals surface area contributed by atoms with E-state index in [9.17, 15) is 18.8 Å². The smallest absolute Gasteiger partial charge is 0.325 e. The van der Waals surface area contributed by atoms with Crippen molar-refractivity contribution in [2.45, 2.75) is 6.54 Å². The van der Waals surface area contributed by atoms with Crippen molar-refractivity contribution in [1.29, 1.82) is 0 Å². The molecule has 0 saturated heterocycles. The largest absolute Gasteiger partial charge is 0.454 e.